The third-order valence-electron chi connectivity index (χ3n) is 5.60. The molecule has 0 aliphatic rings. The van der Waals surface area contributed by atoms with Crippen LogP contribution in [0.25, 0.3) is 21.9 Å². The Morgan fingerprint density at radius 1 is 0.971 bits per heavy atom. The monoisotopic (exact) mass is 502 g/mol. The fourth-order valence-electron chi connectivity index (χ4n) is 4.00. The van der Waals surface area contributed by atoms with Gasteiger partial charge in [0.15, 0.2) is 0 Å². The first kappa shape index (κ1) is 26.1. The summed E-state index contributed by atoms with van der Waals surface area (Å²) in [7, 11) is -1.99. The fourth-order valence-corrected chi connectivity index (χ4v) is 5.23. The van der Waals surface area contributed by atoms with Gasteiger partial charge in [-0.15, -0.1) is 0 Å². The van der Waals surface area contributed by atoms with E-state index in [1.807, 2.05) is 19.9 Å². The van der Waals surface area contributed by atoms with E-state index in [1.165, 1.54) is 30.3 Å². The lowest BCUT2D eigenvalue weighted by atomic mass is 9.89. The maximum Gasteiger partial charge on any atom is 0.417 e. The topological polar surface area (TPSA) is 54.4 Å². The molecule has 182 valence electrons. The first-order valence-electron chi connectivity index (χ1n) is 10.6. The van der Waals surface area contributed by atoms with Crippen molar-refractivity contribution in [3.8, 4) is 11.1 Å². The Morgan fingerprint density at radius 2 is 1.60 bits per heavy atom. The van der Waals surface area contributed by atoms with Crippen LogP contribution in [0.2, 0.25) is 0 Å². The molecule has 1 unspecified atom stereocenters. The van der Waals surface area contributed by atoms with Gasteiger partial charge in [-0.1, -0.05) is 43.3 Å². The van der Waals surface area contributed by atoms with E-state index >= 15 is 0 Å². The van der Waals surface area contributed by atoms with Crippen molar-refractivity contribution in [2.45, 2.75) is 36.2 Å². The number of hydrogen-bond acceptors (Lipinski definition) is 2. The number of halogens is 4. The zero-order valence-electron chi connectivity index (χ0n) is 18.9. The Balaban J connectivity index is 0.00000108. The minimum Gasteiger partial charge on any atom is -0.483 e. The van der Waals surface area contributed by atoms with Gasteiger partial charge in [-0.25, -0.2) is 8.60 Å². The molecule has 4 aromatic carbocycles. The molecule has 0 aliphatic carbocycles. The SMILES string of the molecule is CCc1cc2ccc(F)cc2c(-c2ccc(S(=O)c3ccccc3C(F)(F)F)cc2)c1C.O=CO. The summed E-state index contributed by atoms with van der Waals surface area (Å²) in [5.41, 5.74) is 2.90. The Kier molecular flexibility index (Phi) is 8.07. The minimum atomic E-state index is -4.59. The molecule has 0 bridgehead atoms. The van der Waals surface area contributed by atoms with Crippen LogP contribution < -0.4 is 0 Å². The summed E-state index contributed by atoms with van der Waals surface area (Å²) in [6.07, 6.45) is -3.78. The normalized spacial score (nSPS) is 12.1. The predicted octanol–water partition coefficient (Wildman–Crippen LogP) is 7.40. The first-order valence-corrected chi connectivity index (χ1v) is 11.7. The van der Waals surface area contributed by atoms with Gasteiger partial charge in [0.2, 0.25) is 0 Å². The number of alkyl halides is 3. The first-order chi connectivity index (χ1) is 16.6. The Bertz CT molecular complexity index is 1380. The fraction of sp³-hybridized carbons (Fsp3) is 0.148. The van der Waals surface area contributed by atoms with Crippen LogP contribution in [-0.4, -0.2) is 15.8 Å². The van der Waals surface area contributed by atoms with Crippen LogP contribution in [0.4, 0.5) is 17.6 Å². The molecule has 4 aromatic rings. The van der Waals surface area contributed by atoms with Gasteiger partial charge in [0.25, 0.3) is 6.47 Å². The van der Waals surface area contributed by atoms with E-state index in [2.05, 4.69) is 0 Å². The molecule has 0 radical (unpaired) electrons. The molecule has 8 heteroatoms. The van der Waals surface area contributed by atoms with Crippen molar-refractivity contribution < 1.29 is 31.7 Å². The van der Waals surface area contributed by atoms with Gasteiger partial charge in [0.1, 0.15) is 5.82 Å². The lowest BCUT2D eigenvalue weighted by Crippen LogP contribution is -2.10. The van der Waals surface area contributed by atoms with Gasteiger partial charge in [-0.3, -0.25) is 4.79 Å². The minimum absolute atomic E-state index is 0.250. The molecule has 4 rings (SSSR count). The van der Waals surface area contributed by atoms with Crippen LogP contribution in [0, 0.1) is 12.7 Å². The lowest BCUT2D eigenvalue weighted by molar-refractivity contribution is -0.139. The van der Waals surface area contributed by atoms with Gasteiger partial charge in [0.05, 0.1) is 21.3 Å². The van der Waals surface area contributed by atoms with E-state index in [0.29, 0.717) is 0 Å². The van der Waals surface area contributed by atoms with Gasteiger partial charge in [-0.2, -0.15) is 13.2 Å². The van der Waals surface area contributed by atoms with E-state index in [4.69, 9.17) is 9.90 Å². The highest BCUT2D eigenvalue weighted by Crippen LogP contribution is 2.37. The number of benzene rings is 4. The number of aryl methyl sites for hydroxylation is 1. The molecule has 0 fully saturated rings. The largest absolute Gasteiger partial charge is 0.483 e. The molecule has 0 aromatic heterocycles. The van der Waals surface area contributed by atoms with Crippen LogP contribution in [0.5, 0.6) is 0 Å². The number of rotatable bonds is 4. The molecule has 0 spiro atoms. The van der Waals surface area contributed by atoms with Gasteiger partial charge in [-0.05, 0) is 82.8 Å². The highest BCUT2D eigenvalue weighted by Gasteiger charge is 2.34. The van der Waals surface area contributed by atoms with E-state index in [0.717, 1.165) is 45.5 Å². The number of carboxylic acid groups (broad SMARTS) is 1. The van der Waals surface area contributed by atoms with Crippen LogP contribution in [0.1, 0.15) is 23.6 Å². The van der Waals surface area contributed by atoms with Gasteiger partial charge >= 0.3 is 6.18 Å². The quantitative estimate of drug-likeness (QED) is 0.234. The standard InChI is InChI=1S/C26H20F4OS.CH2O2/c1-3-17-14-19-8-11-20(27)15-22(19)25(16(17)2)18-9-12-21(13-10-18)32(31)24-7-5-4-6-23(24)26(28,29)30;2-1-3/h4-15H,3H2,1-2H3;1H,(H,2,3). The van der Waals surface area contributed by atoms with Gasteiger partial charge < -0.3 is 5.11 Å². The van der Waals surface area contributed by atoms with Crippen molar-refractivity contribution in [3.05, 3.63) is 95.3 Å². The summed E-state index contributed by atoms with van der Waals surface area (Å²) >= 11 is 0. The van der Waals surface area contributed by atoms with E-state index < -0.39 is 22.5 Å². The maximum absolute atomic E-state index is 14.0. The number of hydrogen-bond donors (Lipinski definition) is 1. The second kappa shape index (κ2) is 10.8. The molecule has 35 heavy (non-hydrogen) atoms. The van der Waals surface area contributed by atoms with E-state index in [1.54, 1.807) is 30.3 Å². The number of fused-ring (bicyclic) bond motifs is 1. The predicted molar refractivity (Wildman–Crippen MR) is 128 cm³/mol. The second-order valence-electron chi connectivity index (χ2n) is 7.65. The molecule has 0 saturated carbocycles. The summed E-state index contributed by atoms with van der Waals surface area (Å²) in [6.45, 7) is 3.77. The zero-order chi connectivity index (χ0) is 25.8. The molecule has 3 nitrogen and oxygen atoms in total. The maximum atomic E-state index is 14.0. The summed E-state index contributed by atoms with van der Waals surface area (Å²) < 4.78 is 67.0. The molecule has 0 amide bonds. The second-order valence-corrected chi connectivity index (χ2v) is 9.10. The summed E-state index contributed by atoms with van der Waals surface area (Å²) in [4.78, 5) is 8.36. The molecular formula is C27H22F4O3S. The van der Waals surface area contributed by atoms with Crippen LogP contribution in [0.3, 0.4) is 0 Å². The van der Waals surface area contributed by atoms with Crippen LogP contribution in [0.15, 0.2) is 82.6 Å². The average Bonchev–Trinajstić information content (AvgIpc) is 2.83. The van der Waals surface area contributed by atoms with E-state index in [-0.39, 0.29) is 22.1 Å². The molecule has 0 saturated heterocycles. The van der Waals surface area contributed by atoms with Crippen molar-refractivity contribution >= 4 is 28.0 Å². The molecule has 0 heterocycles. The summed E-state index contributed by atoms with van der Waals surface area (Å²) in [6, 6.07) is 18.2. The summed E-state index contributed by atoms with van der Waals surface area (Å²) in [5.74, 6) is -0.344. The summed E-state index contributed by atoms with van der Waals surface area (Å²) in [5, 5.41) is 8.56. The van der Waals surface area contributed by atoms with Crippen molar-refractivity contribution in [3.63, 3.8) is 0 Å². The third-order valence-corrected chi connectivity index (χ3v) is 7.06. The van der Waals surface area contributed by atoms with Crippen molar-refractivity contribution in [2.24, 2.45) is 0 Å². The smallest absolute Gasteiger partial charge is 0.417 e. The molecule has 0 aliphatic heterocycles. The Labute approximate surface area is 202 Å². The van der Waals surface area contributed by atoms with Crippen molar-refractivity contribution in [1.29, 1.82) is 0 Å². The van der Waals surface area contributed by atoms with Gasteiger partial charge in [0, 0.05) is 4.90 Å². The average molecular weight is 503 g/mol. The van der Waals surface area contributed by atoms with Crippen LogP contribution >= 0.6 is 0 Å². The van der Waals surface area contributed by atoms with E-state index in [9.17, 15) is 21.8 Å². The highest BCUT2D eigenvalue weighted by molar-refractivity contribution is 7.85. The number of carbonyl (C=O) groups is 1. The Morgan fingerprint density at radius 3 is 2.20 bits per heavy atom. The van der Waals surface area contributed by atoms with Crippen LogP contribution in [-0.2, 0) is 28.2 Å². The third kappa shape index (κ3) is 5.59. The van der Waals surface area contributed by atoms with Crippen molar-refractivity contribution in [1.82, 2.24) is 0 Å². The molecule has 1 N–H and O–H groups in total. The highest BCUT2D eigenvalue weighted by atomic mass is 32.2. The molecule has 1 atom stereocenters. The Hall–Kier alpha value is -3.52. The molecular weight excluding hydrogens is 480 g/mol. The van der Waals surface area contributed by atoms with Crippen molar-refractivity contribution in [2.75, 3.05) is 0 Å². The lowest BCUT2D eigenvalue weighted by Gasteiger charge is -2.16. The zero-order valence-corrected chi connectivity index (χ0v) is 19.7.